The minimum Gasteiger partial charge on any atom is -0.474 e. The van der Waals surface area contributed by atoms with Gasteiger partial charge in [-0.2, -0.15) is 0 Å². The van der Waals surface area contributed by atoms with Crippen molar-refractivity contribution in [1.29, 1.82) is 0 Å². The minimum absolute atomic E-state index is 0.254. The molecule has 0 heterocycles. The van der Waals surface area contributed by atoms with Gasteiger partial charge in [0.1, 0.15) is 0 Å². The van der Waals surface area contributed by atoms with Crippen LogP contribution < -0.4 is 5.32 Å². The van der Waals surface area contributed by atoms with Crippen LogP contribution in [0.25, 0.3) is 0 Å². The second-order valence-corrected chi connectivity index (χ2v) is 3.17. The first-order valence-electron chi connectivity index (χ1n) is 3.59. The standard InChI is InChI=1S/C7H11NO3/c1-7(3-2-4-7)8-5(9)6(10)11/h2-4H2,1H3,(H,8,9)(H,10,11). The molecule has 0 spiro atoms. The Morgan fingerprint density at radius 2 is 2.00 bits per heavy atom. The Morgan fingerprint density at radius 3 is 2.27 bits per heavy atom. The Morgan fingerprint density at radius 1 is 1.45 bits per heavy atom. The summed E-state index contributed by atoms with van der Waals surface area (Å²) in [6.07, 6.45) is 2.83. The van der Waals surface area contributed by atoms with Crippen LogP contribution >= 0.6 is 0 Å². The zero-order valence-corrected chi connectivity index (χ0v) is 6.39. The molecule has 0 unspecified atom stereocenters. The first-order valence-corrected chi connectivity index (χ1v) is 3.59. The van der Waals surface area contributed by atoms with E-state index >= 15 is 0 Å². The van der Waals surface area contributed by atoms with Crippen LogP contribution in [0.3, 0.4) is 0 Å². The number of aliphatic carboxylic acids is 1. The molecule has 1 aliphatic rings. The monoisotopic (exact) mass is 157 g/mol. The molecule has 0 saturated heterocycles. The van der Waals surface area contributed by atoms with Gasteiger partial charge in [-0.1, -0.05) is 0 Å². The van der Waals surface area contributed by atoms with Gasteiger partial charge < -0.3 is 10.4 Å². The number of hydrogen-bond acceptors (Lipinski definition) is 2. The van der Waals surface area contributed by atoms with Crippen molar-refractivity contribution in [2.24, 2.45) is 0 Å². The molecule has 0 aliphatic heterocycles. The summed E-state index contributed by atoms with van der Waals surface area (Å²) in [6.45, 7) is 1.86. The quantitative estimate of drug-likeness (QED) is 0.531. The molecule has 1 amide bonds. The lowest BCUT2D eigenvalue weighted by atomic mass is 9.78. The van der Waals surface area contributed by atoms with Crippen molar-refractivity contribution in [1.82, 2.24) is 5.32 Å². The average molecular weight is 157 g/mol. The molecule has 4 nitrogen and oxygen atoms in total. The number of carboxylic acids is 1. The van der Waals surface area contributed by atoms with Gasteiger partial charge >= 0.3 is 11.9 Å². The van der Waals surface area contributed by atoms with Gasteiger partial charge in [0.2, 0.25) is 0 Å². The van der Waals surface area contributed by atoms with E-state index in [1.807, 2.05) is 6.92 Å². The van der Waals surface area contributed by atoms with Gasteiger partial charge in [-0.15, -0.1) is 0 Å². The molecule has 0 bridgehead atoms. The van der Waals surface area contributed by atoms with Crippen LogP contribution in [0.4, 0.5) is 0 Å². The Kier molecular flexibility index (Phi) is 1.85. The second-order valence-electron chi connectivity index (χ2n) is 3.17. The van der Waals surface area contributed by atoms with E-state index < -0.39 is 11.9 Å². The average Bonchev–Trinajstić information content (AvgIpc) is 1.84. The fourth-order valence-corrected chi connectivity index (χ4v) is 1.16. The van der Waals surface area contributed by atoms with E-state index in [0.717, 1.165) is 19.3 Å². The second kappa shape index (κ2) is 2.53. The zero-order chi connectivity index (χ0) is 8.48. The number of amides is 1. The van der Waals surface area contributed by atoms with Gasteiger partial charge in [0, 0.05) is 5.54 Å². The lowest BCUT2D eigenvalue weighted by Gasteiger charge is -2.38. The molecule has 0 aromatic heterocycles. The SMILES string of the molecule is CC1(NC(=O)C(=O)O)CCC1. The number of nitrogens with one attached hydrogen (secondary N) is 1. The Balaban J connectivity index is 2.41. The van der Waals surface area contributed by atoms with Crippen molar-refractivity contribution >= 4 is 11.9 Å². The Bertz CT molecular complexity index is 196. The van der Waals surface area contributed by atoms with E-state index in [1.54, 1.807) is 0 Å². The van der Waals surface area contributed by atoms with Crippen LogP contribution in [0.1, 0.15) is 26.2 Å². The Labute approximate surface area is 64.6 Å². The highest BCUT2D eigenvalue weighted by Crippen LogP contribution is 2.30. The summed E-state index contributed by atoms with van der Waals surface area (Å²) in [5.74, 6) is -2.30. The third-order valence-electron chi connectivity index (χ3n) is 2.07. The van der Waals surface area contributed by atoms with Crippen LogP contribution in [0.2, 0.25) is 0 Å². The molecule has 11 heavy (non-hydrogen) atoms. The van der Waals surface area contributed by atoms with Crippen LogP contribution in [-0.4, -0.2) is 22.5 Å². The topological polar surface area (TPSA) is 66.4 Å². The lowest BCUT2D eigenvalue weighted by Crippen LogP contribution is -2.52. The molecule has 0 radical (unpaired) electrons. The first-order chi connectivity index (χ1) is 5.03. The molecule has 0 aromatic rings. The van der Waals surface area contributed by atoms with Crippen LogP contribution in [-0.2, 0) is 9.59 Å². The van der Waals surface area contributed by atoms with Gasteiger partial charge in [0.15, 0.2) is 0 Å². The van der Waals surface area contributed by atoms with Crippen LogP contribution in [0.5, 0.6) is 0 Å². The van der Waals surface area contributed by atoms with Crippen molar-refractivity contribution < 1.29 is 14.7 Å². The molecule has 1 aliphatic carbocycles. The minimum atomic E-state index is -1.40. The largest absolute Gasteiger partial charge is 0.474 e. The van der Waals surface area contributed by atoms with Crippen molar-refractivity contribution in [3.05, 3.63) is 0 Å². The number of carbonyl (C=O) groups is 2. The van der Waals surface area contributed by atoms with E-state index in [0.29, 0.717) is 0 Å². The van der Waals surface area contributed by atoms with E-state index in [2.05, 4.69) is 5.32 Å². The molecular formula is C7H11NO3. The van der Waals surface area contributed by atoms with Gasteiger partial charge in [-0.3, -0.25) is 4.79 Å². The summed E-state index contributed by atoms with van der Waals surface area (Å²) in [4.78, 5) is 20.7. The maximum absolute atomic E-state index is 10.6. The highest BCUT2D eigenvalue weighted by Gasteiger charge is 2.34. The van der Waals surface area contributed by atoms with Crippen LogP contribution in [0, 0.1) is 0 Å². The summed E-state index contributed by atoms with van der Waals surface area (Å²) in [6, 6.07) is 0. The normalized spacial score (nSPS) is 20.1. The smallest absolute Gasteiger partial charge is 0.394 e. The van der Waals surface area contributed by atoms with Crippen molar-refractivity contribution in [2.75, 3.05) is 0 Å². The number of carbonyl (C=O) groups excluding carboxylic acids is 1. The molecule has 1 rings (SSSR count). The zero-order valence-electron chi connectivity index (χ0n) is 6.39. The van der Waals surface area contributed by atoms with Gasteiger partial charge in [0.05, 0.1) is 0 Å². The number of hydrogen-bond donors (Lipinski definition) is 2. The van der Waals surface area contributed by atoms with Crippen molar-refractivity contribution in [2.45, 2.75) is 31.7 Å². The maximum atomic E-state index is 10.6. The molecule has 62 valence electrons. The van der Waals surface area contributed by atoms with Gasteiger partial charge in [-0.25, -0.2) is 4.79 Å². The highest BCUT2D eigenvalue weighted by molar-refractivity contribution is 6.31. The maximum Gasteiger partial charge on any atom is 0.394 e. The summed E-state index contributed by atoms with van der Waals surface area (Å²) in [5, 5.41) is 10.7. The third kappa shape index (κ3) is 1.69. The molecule has 1 saturated carbocycles. The first kappa shape index (κ1) is 8.04. The molecular weight excluding hydrogens is 146 g/mol. The fourth-order valence-electron chi connectivity index (χ4n) is 1.16. The van der Waals surface area contributed by atoms with Crippen molar-refractivity contribution in [3.63, 3.8) is 0 Å². The molecule has 1 fully saturated rings. The van der Waals surface area contributed by atoms with E-state index in [1.165, 1.54) is 0 Å². The molecule has 2 N–H and O–H groups in total. The van der Waals surface area contributed by atoms with E-state index in [4.69, 9.17) is 5.11 Å². The predicted octanol–water partition coefficient (Wildman–Crippen LogP) is 0.130. The van der Waals surface area contributed by atoms with Gasteiger partial charge in [0.25, 0.3) is 0 Å². The predicted molar refractivity (Wildman–Crippen MR) is 38.0 cm³/mol. The van der Waals surface area contributed by atoms with E-state index in [-0.39, 0.29) is 5.54 Å². The Hall–Kier alpha value is -1.06. The summed E-state index contributed by atoms with van der Waals surface area (Å²) in [5.41, 5.74) is -0.254. The highest BCUT2D eigenvalue weighted by atomic mass is 16.4. The fraction of sp³-hybridized carbons (Fsp3) is 0.714. The lowest BCUT2D eigenvalue weighted by molar-refractivity contribution is -0.151. The van der Waals surface area contributed by atoms with E-state index in [9.17, 15) is 9.59 Å². The molecule has 0 atom stereocenters. The summed E-state index contributed by atoms with van der Waals surface area (Å²) in [7, 11) is 0. The third-order valence-corrected chi connectivity index (χ3v) is 2.07. The molecule has 4 heteroatoms. The number of carboxylic acid groups (broad SMARTS) is 1. The van der Waals surface area contributed by atoms with Crippen molar-refractivity contribution in [3.8, 4) is 0 Å². The number of rotatable bonds is 1. The summed E-state index contributed by atoms with van der Waals surface area (Å²) < 4.78 is 0. The van der Waals surface area contributed by atoms with Crippen LogP contribution in [0.15, 0.2) is 0 Å². The van der Waals surface area contributed by atoms with Gasteiger partial charge in [-0.05, 0) is 26.2 Å². The molecule has 0 aromatic carbocycles. The summed E-state index contributed by atoms with van der Waals surface area (Å²) >= 11 is 0.